The van der Waals surface area contributed by atoms with E-state index in [1.807, 2.05) is 18.3 Å². The molecular weight excluding hydrogens is 387 g/mol. The first-order chi connectivity index (χ1) is 14.5. The normalized spacial score (nSPS) is 28.9. The quantitative estimate of drug-likeness (QED) is 0.733. The fraction of sp³-hybridized carbons (Fsp3) is 0.409. The standard InChI is InChI=1S/C22H23FN4O3/c1-26(9-7-15-10-24-25-11-15)20(28)18-17-6-8-22(30-17)13-27(21(29)19(18)22)12-14-2-4-16(23)5-3-14/h2-6,8,10-11,17-19H,7,9,12-13H2,1H3,(H,24,25)/t17-,18+,19-,22-/m0/s1. The zero-order valence-corrected chi connectivity index (χ0v) is 16.6. The van der Waals surface area contributed by atoms with Crippen LogP contribution in [0, 0.1) is 17.7 Å². The van der Waals surface area contributed by atoms with Gasteiger partial charge in [-0.25, -0.2) is 4.39 Å². The van der Waals surface area contributed by atoms with Crippen LogP contribution in [-0.2, 0) is 27.3 Å². The number of halogens is 1. The Morgan fingerprint density at radius 1 is 1.37 bits per heavy atom. The van der Waals surface area contributed by atoms with Crippen molar-refractivity contribution in [1.29, 1.82) is 0 Å². The van der Waals surface area contributed by atoms with Gasteiger partial charge in [-0.15, -0.1) is 0 Å². The number of likely N-dealkylation sites (tertiary alicyclic amines) is 1. The number of H-pyrrole nitrogens is 1. The smallest absolute Gasteiger partial charge is 0.230 e. The van der Waals surface area contributed by atoms with Gasteiger partial charge >= 0.3 is 0 Å². The molecule has 2 amide bonds. The van der Waals surface area contributed by atoms with Crippen LogP contribution < -0.4 is 0 Å². The van der Waals surface area contributed by atoms with E-state index in [1.165, 1.54) is 12.1 Å². The summed E-state index contributed by atoms with van der Waals surface area (Å²) in [6.45, 7) is 1.32. The number of hydrogen-bond acceptors (Lipinski definition) is 4. The number of rotatable bonds is 6. The molecule has 4 atom stereocenters. The molecule has 0 aliphatic carbocycles. The fourth-order valence-corrected chi connectivity index (χ4v) is 4.88. The first-order valence-corrected chi connectivity index (χ1v) is 10.1. The molecule has 1 aromatic carbocycles. The molecule has 1 N–H and O–H groups in total. The third kappa shape index (κ3) is 3.02. The molecule has 0 saturated carbocycles. The van der Waals surface area contributed by atoms with Gasteiger partial charge in [0.2, 0.25) is 11.8 Å². The summed E-state index contributed by atoms with van der Waals surface area (Å²) >= 11 is 0. The molecule has 1 aromatic heterocycles. The lowest BCUT2D eigenvalue weighted by atomic mass is 9.76. The van der Waals surface area contributed by atoms with E-state index in [4.69, 9.17) is 4.74 Å². The number of ether oxygens (including phenoxy) is 1. The molecule has 1 spiro atoms. The molecular formula is C22H23FN4O3. The minimum absolute atomic E-state index is 0.0725. The van der Waals surface area contributed by atoms with E-state index in [2.05, 4.69) is 10.2 Å². The highest BCUT2D eigenvalue weighted by Crippen LogP contribution is 2.52. The SMILES string of the molecule is CN(CCc1cn[nH]c1)C(=O)[C@@H]1[C@@H]2C=C[C@@]3(CN(Cc4ccc(F)cc4)C(=O)[C@H]13)O2. The number of likely N-dealkylation sites (N-methyl/N-ethyl adjacent to an activating group) is 1. The van der Waals surface area contributed by atoms with Gasteiger partial charge in [0.15, 0.2) is 0 Å². The van der Waals surface area contributed by atoms with Crippen LogP contribution in [0.3, 0.4) is 0 Å². The zero-order chi connectivity index (χ0) is 20.9. The van der Waals surface area contributed by atoms with Gasteiger partial charge in [0.05, 0.1) is 30.7 Å². The first kappa shape index (κ1) is 19.0. The molecule has 156 valence electrons. The molecule has 2 fully saturated rings. The van der Waals surface area contributed by atoms with Crippen LogP contribution in [0.1, 0.15) is 11.1 Å². The Bertz CT molecular complexity index is 990. The molecule has 5 rings (SSSR count). The zero-order valence-electron chi connectivity index (χ0n) is 16.6. The Balaban J connectivity index is 1.31. The lowest BCUT2D eigenvalue weighted by Gasteiger charge is -2.27. The summed E-state index contributed by atoms with van der Waals surface area (Å²) in [4.78, 5) is 29.9. The largest absolute Gasteiger partial charge is 0.360 e. The molecule has 0 unspecified atom stereocenters. The second-order valence-corrected chi connectivity index (χ2v) is 8.34. The second-order valence-electron chi connectivity index (χ2n) is 8.34. The molecule has 2 aromatic rings. The summed E-state index contributed by atoms with van der Waals surface area (Å²) in [5, 5.41) is 6.69. The summed E-state index contributed by atoms with van der Waals surface area (Å²) in [5.74, 6) is -1.49. The maximum absolute atomic E-state index is 13.3. The van der Waals surface area contributed by atoms with Gasteiger partial charge in [-0.3, -0.25) is 14.7 Å². The predicted octanol–water partition coefficient (Wildman–Crippen LogP) is 1.53. The van der Waals surface area contributed by atoms with Gasteiger partial charge in [-0.2, -0.15) is 5.10 Å². The molecule has 2 saturated heterocycles. The van der Waals surface area contributed by atoms with E-state index >= 15 is 0 Å². The van der Waals surface area contributed by atoms with Crippen molar-refractivity contribution >= 4 is 11.8 Å². The maximum Gasteiger partial charge on any atom is 0.230 e. The monoisotopic (exact) mass is 410 g/mol. The second kappa shape index (κ2) is 7.05. The summed E-state index contributed by atoms with van der Waals surface area (Å²) in [6, 6.07) is 6.13. The minimum Gasteiger partial charge on any atom is -0.360 e. The van der Waals surface area contributed by atoms with Crippen LogP contribution in [0.4, 0.5) is 4.39 Å². The lowest BCUT2D eigenvalue weighted by Crippen LogP contribution is -2.45. The minimum atomic E-state index is -0.743. The van der Waals surface area contributed by atoms with E-state index in [0.29, 0.717) is 26.1 Å². The van der Waals surface area contributed by atoms with Crippen LogP contribution in [0.2, 0.25) is 0 Å². The van der Waals surface area contributed by atoms with E-state index in [0.717, 1.165) is 11.1 Å². The van der Waals surface area contributed by atoms with Gasteiger partial charge < -0.3 is 14.5 Å². The summed E-state index contributed by atoms with van der Waals surface area (Å²) in [7, 11) is 1.76. The van der Waals surface area contributed by atoms with Crippen LogP contribution in [-0.4, -0.2) is 63.7 Å². The van der Waals surface area contributed by atoms with E-state index in [1.54, 1.807) is 35.2 Å². The summed E-state index contributed by atoms with van der Waals surface area (Å²) < 4.78 is 19.4. The van der Waals surface area contributed by atoms with Crippen molar-refractivity contribution in [2.75, 3.05) is 20.1 Å². The molecule has 7 nitrogen and oxygen atoms in total. The number of aromatic nitrogens is 2. The summed E-state index contributed by atoms with van der Waals surface area (Å²) in [6.07, 6.45) is 7.73. The molecule has 3 aliphatic rings. The number of carbonyl (C=O) groups excluding carboxylic acids is 2. The van der Waals surface area contributed by atoms with Gasteiger partial charge in [0, 0.05) is 26.3 Å². The molecule has 4 heterocycles. The predicted molar refractivity (Wildman–Crippen MR) is 105 cm³/mol. The Kier molecular flexibility index (Phi) is 4.47. The maximum atomic E-state index is 13.3. The number of fused-ring (bicyclic) bond motifs is 1. The Morgan fingerprint density at radius 3 is 2.90 bits per heavy atom. The fourth-order valence-electron chi connectivity index (χ4n) is 4.88. The molecule has 30 heavy (non-hydrogen) atoms. The van der Waals surface area contributed by atoms with Crippen LogP contribution in [0.25, 0.3) is 0 Å². The topological polar surface area (TPSA) is 78.5 Å². The molecule has 0 radical (unpaired) electrons. The Labute approximate surface area is 173 Å². The van der Waals surface area contributed by atoms with Crippen molar-refractivity contribution in [3.05, 3.63) is 65.8 Å². The van der Waals surface area contributed by atoms with Gasteiger partial charge in [0.1, 0.15) is 11.4 Å². The average molecular weight is 410 g/mol. The van der Waals surface area contributed by atoms with Crippen molar-refractivity contribution in [2.45, 2.75) is 24.7 Å². The van der Waals surface area contributed by atoms with Gasteiger partial charge in [-0.05, 0) is 29.7 Å². The van der Waals surface area contributed by atoms with E-state index in [-0.39, 0.29) is 23.7 Å². The third-order valence-electron chi connectivity index (χ3n) is 6.42. The number of hydrogen-bond donors (Lipinski definition) is 1. The highest BCUT2D eigenvalue weighted by molar-refractivity contribution is 5.93. The van der Waals surface area contributed by atoms with Crippen molar-refractivity contribution in [2.24, 2.45) is 11.8 Å². The van der Waals surface area contributed by atoms with E-state index in [9.17, 15) is 14.0 Å². The summed E-state index contributed by atoms with van der Waals surface area (Å²) in [5.41, 5.74) is 1.13. The number of amides is 2. The Morgan fingerprint density at radius 2 is 2.17 bits per heavy atom. The van der Waals surface area contributed by atoms with Crippen molar-refractivity contribution < 1.29 is 18.7 Å². The number of nitrogens with one attached hydrogen (secondary N) is 1. The number of aromatic amines is 1. The Hall–Kier alpha value is -3.00. The highest BCUT2D eigenvalue weighted by atomic mass is 19.1. The van der Waals surface area contributed by atoms with Crippen LogP contribution >= 0.6 is 0 Å². The van der Waals surface area contributed by atoms with Crippen molar-refractivity contribution in [3.63, 3.8) is 0 Å². The van der Waals surface area contributed by atoms with E-state index < -0.39 is 17.4 Å². The van der Waals surface area contributed by atoms with Gasteiger partial charge in [-0.1, -0.05) is 24.3 Å². The third-order valence-corrected chi connectivity index (χ3v) is 6.42. The average Bonchev–Trinajstić information content (AvgIpc) is 3.50. The van der Waals surface area contributed by atoms with Gasteiger partial charge in [0.25, 0.3) is 0 Å². The first-order valence-electron chi connectivity index (χ1n) is 10.1. The number of benzene rings is 1. The molecule has 8 heteroatoms. The lowest BCUT2D eigenvalue weighted by molar-refractivity contribution is -0.142. The highest BCUT2D eigenvalue weighted by Gasteiger charge is 2.67. The number of carbonyl (C=O) groups is 2. The van der Waals surface area contributed by atoms with Crippen LogP contribution in [0.15, 0.2) is 48.8 Å². The number of nitrogens with zero attached hydrogens (tertiary/aromatic N) is 3. The van der Waals surface area contributed by atoms with Crippen molar-refractivity contribution in [3.8, 4) is 0 Å². The molecule has 3 aliphatic heterocycles. The van der Waals surface area contributed by atoms with Crippen LogP contribution in [0.5, 0.6) is 0 Å². The molecule has 2 bridgehead atoms. The van der Waals surface area contributed by atoms with Crippen molar-refractivity contribution in [1.82, 2.24) is 20.0 Å².